The fourth-order valence-corrected chi connectivity index (χ4v) is 3.45. The SMILES string of the molecule is CC(C)CCC1C(=O)C(C(=O)CC(C)C)C(=O)[C@@](O)(CCC(C)C)C1=O. The normalized spacial score (nSPS) is 27.1. The van der Waals surface area contributed by atoms with Crippen LogP contribution in [-0.2, 0) is 19.2 Å². The molecule has 2 unspecified atom stereocenters. The number of rotatable bonds is 9. The topological polar surface area (TPSA) is 88.5 Å². The van der Waals surface area contributed by atoms with Crippen LogP contribution in [0.5, 0.6) is 0 Å². The van der Waals surface area contributed by atoms with Crippen LogP contribution in [0.2, 0.25) is 0 Å². The Balaban J connectivity index is 3.24. The zero-order valence-corrected chi connectivity index (χ0v) is 17.0. The molecule has 1 fully saturated rings. The Kier molecular flexibility index (Phi) is 7.87. The van der Waals surface area contributed by atoms with Gasteiger partial charge in [-0.05, 0) is 43.4 Å². The van der Waals surface area contributed by atoms with E-state index in [2.05, 4.69) is 0 Å². The van der Waals surface area contributed by atoms with E-state index in [1.807, 2.05) is 41.5 Å². The van der Waals surface area contributed by atoms with Gasteiger partial charge in [-0.3, -0.25) is 19.2 Å². The van der Waals surface area contributed by atoms with E-state index in [1.54, 1.807) is 0 Å². The summed E-state index contributed by atoms with van der Waals surface area (Å²) in [6, 6.07) is 0. The van der Waals surface area contributed by atoms with Gasteiger partial charge in [0.15, 0.2) is 28.7 Å². The molecule has 0 bridgehead atoms. The maximum absolute atomic E-state index is 12.9. The summed E-state index contributed by atoms with van der Waals surface area (Å²) in [7, 11) is 0. The number of aliphatic hydroxyl groups is 1. The quantitative estimate of drug-likeness (QED) is 0.633. The van der Waals surface area contributed by atoms with Gasteiger partial charge >= 0.3 is 0 Å². The molecule has 1 aliphatic rings. The molecule has 0 aromatic heterocycles. The number of ketones is 4. The average molecular weight is 366 g/mol. The van der Waals surface area contributed by atoms with Gasteiger partial charge in [0.1, 0.15) is 5.92 Å². The number of carbonyl (C=O) groups is 4. The van der Waals surface area contributed by atoms with Gasteiger partial charge in [0.05, 0.1) is 5.92 Å². The van der Waals surface area contributed by atoms with Crippen LogP contribution in [0.4, 0.5) is 0 Å². The predicted molar refractivity (Wildman–Crippen MR) is 99.6 cm³/mol. The number of Topliss-reactive ketones (excluding diaryl/α,β-unsaturated/α-hetero) is 4. The molecular formula is C21H34O5. The lowest BCUT2D eigenvalue weighted by Gasteiger charge is -2.37. The third-order valence-corrected chi connectivity index (χ3v) is 5.07. The second-order valence-corrected chi connectivity index (χ2v) is 8.94. The van der Waals surface area contributed by atoms with Crippen molar-refractivity contribution in [1.29, 1.82) is 0 Å². The summed E-state index contributed by atoms with van der Waals surface area (Å²) in [6.45, 7) is 11.5. The molecule has 0 aromatic rings. The Morgan fingerprint density at radius 2 is 1.46 bits per heavy atom. The van der Waals surface area contributed by atoms with E-state index in [9.17, 15) is 24.3 Å². The summed E-state index contributed by atoms with van der Waals surface area (Å²) in [5, 5.41) is 11.0. The van der Waals surface area contributed by atoms with Crippen molar-refractivity contribution in [3.63, 3.8) is 0 Å². The van der Waals surface area contributed by atoms with Crippen molar-refractivity contribution >= 4 is 23.1 Å². The molecule has 0 aliphatic heterocycles. The Morgan fingerprint density at radius 1 is 0.923 bits per heavy atom. The molecule has 1 saturated carbocycles. The van der Waals surface area contributed by atoms with Crippen molar-refractivity contribution in [2.45, 2.75) is 79.2 Å². The van der Waals surface area contributed by atoms with Crippen LogP contribution in [-0.4, -0.2) is 33.8 Å². The first kappa shape index (κ1) is 22.7. The summed E-state index contributed by atoms with van der Waals surface area (Å²) in [5.41, 5.74) is -2.21. The third-order valence-electron chi connectivity index (χ3n) is 5.07. The van der Waals surface area contributed by atoms with E-state index >= 15 is 0 Å². The second kappa shape index (κ2) is 9.03. The Bertz CT molecular complexity index is 561. The molecular weight excluding hydrogens is 332 g/mol. The predicted octanol–water partition coefficient (Wildman–Crippen LogP) is 3.16. The number of hydrogen-bond acceptors (Lipinski definition) is 5. The van der Waals surface area contributed by atoms with Crippen molar-refractivity contribution in [1.82, 2.24) is 0 Å². The lowest BCUT2D eigenvalue weighted by molar-refractivity contribution is -0.168. The fourth-order valence-electron chi connectivity index (χ4n) is 3.45. The summed E-state index contributed by atoms with van der Waals surface area (Å²) in [4.78, 5) is 51.2. The van der Waals surface area contributed by atoms with E-state index in [1.165, 1.54) is 0 Å². The molecule has 0 spiro atoms. The molecule has 148 valence electrons. The minimum atomic E-state index is -2.21. The maximum Gasteiger partial charge on any atom is 0.189 e. The highest BCUT2D eigenvalue weighted by Crippen LogP contribution is 2.36. The van der Waals surface area contributed by atoms with Gasteiger partial charge in [0.25, 0.3) is 0 Å². The molecule has 0 heterocycles. The van der Waals surface area contributed by atoms with Gasteiger partial charge in [0.2, 0.25) is 0 Å². The van der Waals surface area contributed by atoms with E-state index in [-0.39, 0.29) is 37.0 Å². The Hall–Kier alpha value is -1.36. The highest BCUT2D eigenvalue weighted by Gasteiger charge is 2.59. The molecule has 0 amide bonds. The molecule has 26 heavy (non-hydrogen) atoms. The van der Waals surface area contributed by atoms with Crippen LogP contribution in [0.3, 0.4) is 0 Å². The molecule has 1 aliphatic carbocycles. The molecule has 3 atom stereocenters. The third kappa shape index (κ3) is 5.09. The minimum absolute atomic E-state index is 0.00130. The molecule has 1 N–H and O–H groups in total. The van der Waals surface area contributed by atoms with E-state index in [0.717, 1.165) is 0 Å². The molecule has 0 aromatic carbocycles. The largest absolute Gasteiger partial charge is 0.374 e. The first-order chi connectivity index (χ1) is 11.9. The van der Waals surface area contributed by atoms with Crippen molar-refractivity contribution < 1.29 is 24.3 Å². The Morgan fingerprint density at radius 3 is 1.92 bits per heavy atom. The van der Waals surface area contributed by atoms with Crippen molar-refractivity contribution in [3.05, 3.63) is 0 Å². The molecule has 0 radical (unpaired) electrons. The van der Waals surface area contributed by atoms with Gasteiger partial charge in [-0.25, -0.2) is 0 Å². The van der Waals surface area contributed by atoms with Gasteiger partial charge in [0, 0.05) is 6.42 Å². The van der Waals surface area contributed by atoms with Crippen LogP contribution in [0.15, 0.2) is 0 Å². The van der Waals surface area contributed by atoms with Crippen LogP contribution in [0.25, 0.3) is 0 Å². The Labute approximate surface area is 156 Å². The fraction of sp³-hybridized carbons (Fsp3) is 0.810. The summed E-state index contributed by atoms with van der Waals surface area (Å²) in [5.74, 6) is -4.78. The summed E-state index contributed by atoms with van der Waals surface area (Å²) >= 11 is 0. The van der Waals surface area contributed by atoms with Crippen LogP contribution in [0.1, 0.15) is 73.6 Å². The van der Waals surface area contributed by atoms with Crippen molar-refractivity contribution in [3.8, 4) is 0 Å². The summed E-state index contributed by atoms with van der Waals surface area (Å²) in [6.07, 6.45) is 1.44. The lowest BCUT2D eigenvalue weighted by Crippen LogP contribution is -2.62. The highest BCUT2D eigenvalue weighted by molar-refractivity contribution is 6.35. The van der Waals surface area contributed by atoms with Gasteiger partial charge in [-0.2, -0.15) is 0 Å². The maximum atomic E-state index is 12.9. The van der Waals surface area contributed by atoms with E-state index in [0.29, 0.717) is 12.8 Å². The highest BCUT2D eigenvalue weighted by atomic mass is 16.3. The molecule has 0 saturated heterocycles. The van der Waals surface area contributed by atoms with E-state index in [4.69, 9.17) is 0 Å². The smallest absolute Gasteiger partial charge is 0.189 e. The van der Waals surface area contributed by atoms with Gasteiger partial charge in [-0.15, -0.1) is 0 Å². The van der Waals surface area contributed by atoms with Crippen LogP contribution >= 0.6 is 0 Å². The molecule has 5 nitrogen and oxygen atoms in total. The van der Waals surface area contributed by atoms with Gasteiger partial charge in [-0.1, -0.05) is 41.5 Å². The lowest BCUT2D eigenvalue weighted by atomic mass is 9.64. The number of hydrogen-bond donors (Lipinski definition) is 1. The van der Waals surface area contributed by atoms with Crippen LogP contribution < -0.4 is 0 Å². The minimum Gasteiger partial charge on any atom is -0.374 e. The first-order valence-electron chi connectivity index (χ1n) is 9.79. The first-order valence-corrected chi connectivity index (χ1v) is 9.79. The molecule has 5 heteroatoms. The van der Waals surface area contributed by atoms with E-state index < -0.39 is 40.6 Å². The average Bonchev–Trinajstić information content (AvgIpc) is 2.50. The van der Waals surface area contributed by atoms with Gasteiger partial charge < -0.3 is 5.11 Å². The second-order valence-electron chi connectivity index (χ2n) is 8.94. The monoisotopic (exact) mass is 366 g/mol. The number of carbonyl (C=O) groups excluding carboxylic acids is 4. The zero-order chi connectivity index (χ0) is 20.2. The van der Waals surface area contributed by atoms with Crippen LogP contribution in [0, 0.1) is 29.6 Å². The summed E-state index contributed by atoms with van der Waals surface area (Å²) < 4.78 is 0. The van der Waals surface area contributed by atoms with Crippen molar-refractivity contribution in [2.75, 3.05) is 0 Å². The van der Waals surface area contributed by atoms with Crippen molar-refractivity contribution in [2.24, 2.45) is 29.6 Å². The standard InChI is InChI=1S/C21H34O5/c1-12(2)7-8-15-18(23)17(16(22)11-14(5)6)20(25)21(26,19(15)24)10-9-13(3)4/h12-15,17,26H,7-11H2,1-6H3/t15?,17?,21-/m1/s1. The zero-order valence-electron chi connectivity index (χ0n) is 17.0. The molecule has 1 rings (SSSR count).